The summed E-state index contributed by atoms with van der Waals surface area (Å²) in [4.78, 5) is 14.0. The van der Waals surface area contributed by atoms with Gasteiger partial charge in [-0.05, 0) is 37.0 Å². The van der Waals surface area contributed by atoms with Crippen molar-refractivity contribution in [1.29, 1.82) is 0 Å². The minimum absolute atomic E-state index is 0.148. The van der Waals surface area contributed by atoms with Gasteiger partial charge in [0.15, 0.2) is 0 Å². The monoisotopic (exact) mass is 319 g/mol. The predicted octanol–water partition coefficient (Wildman–Crippen LogP) is 1.78. The standard InChI is InChI=1S/C18H29N3O2/c1-3-9-19-18(22)14-21-10-7-16(8-11-21)20-13-15-5-4-6-17(12-15)23-2/h4-6,12,16,20H,3,7-11,13-14H2,1-2H3,(H,19,22). The molecular weight excluding hydrogens is 290 g/mol. The highest BCUT2D eigenvalue weighted by Gasteiger charge is 2.20. The van der Waals surface area contributed by atoms with Crippen LogP contribution in [0.15, 0.2) is 24.3 Å². The van der Waals surface area contributed by atoms with E-state index in [1.54, 1.807) is 7.11 Å². The number of rotatable bonds is 8. The lowest BCUT2D eigenvalue weighted by Gasteiger charge is -2.32. The van der Waals surface area contributed by atoms with Crippen LogP contribution in [0.25, 0.3) is 0 Å². The molecule has 0 radical (unpaired) electrons. The minimum atomic E-state index is 0.148. The Morgan fingerprint density at radius 2 is 2.13 bits per heavy atom. The Balaban J connectivity index is 1.67. The van der Waals surface area contributed by atoms with Crippen LogP contribution in [0.1, 0.15) is 31.7 Å². The van der Waals surface area contributed by atoms with Crippen LogP contribution in [-0.4, -0.2) is 50.1 Å². The Kier molecular flexibility index (Phi) is 7.36. The highest BCUT2D eigenvalue weighted by molar-refractivity contribution is 5.77. The van der Waals surface area contributed by atoms with E-state index in [0.29, 0.717) is 12.6 Å². The zero-order valence-corrected chi connectivity index (χ0v) is 14.3. The molecule has 1 saturated heterocycles. The zero-order valence-electron chi connectivity index (χ0n) is 14.3. The second kappa shape index (κ2) is 9.53. The topological polar surface area (TPSA) is 53.6 Å². The molecule has 0 aromatic heterocycles. The molecular formula is C18H29N3O2. The van der Waals surface area contributed by atoms with Gasteiger partial charge < -0.3 is 15.4 Å². The van der Waals surface area contributed by atoms with E-state index in [2.05, 4.69) is 34.6 Å². The Labute approximate surface area is 139 Å². The maximum atomic E-state index is 11.7. The lowest BCUT2D eigenvalue weighted by atomic mass is 10.0. The number of likely N-dealkylation sites (tertiary alicyclic amines) is 1. The first kappa shape index (κ1) is 17.8. The van der Waals surface area contributed by atoms with Gasteiger partial charge >= 0.3 is 0 Å². The summed E-state index contributed by atoms with van der Waals surface area (Å²) in [5, 5.41) is 6.55. The average molecular weight is 319 g/mol. The van der Waals surface area contributed by atoms with Gasteiger partial charge in [0.1, 0.15) is 5.75 Å². The zero-order chi connectivity index (χ0) is 16.5. The Morgan fingerprint density at radius 3 is 2.83 bits per heavy atom. The van der Waals surface area contributed by atoms with Crippen molar-refractivity contribution in [2.24, 2.45) is 0 Å². The molecule has 0 atom stereocenters. The first-order valence-electron chi connectivity index (χ1n) is 8.56. The lowest BCUT2D eigenvalue weighted by Crippen LogP contribution is -2.46. The van der Waals surface area contributed by atoms with Crippen LogP contribution in [-0.2, 0) is 11.3 Å². The quantitative estimate of drug-likeness (QED) is 0.767. The van der Waals surface area contributed by atoms with E-state index in [0.717, 1.165) is 51.2 Å². The number of hydrogen-bond acceptors (Lipinski definition) is 4. The summed E-state index contributed by atoms with van der Waals surface area (Å²) in [6.45, 7) is 6.20. The van der Waals surface area contributed by atoms with E-state index >= 15 is 0 Å². The molecule has 1 amide bonds. The van der Waals surface area contributed by atoms with Crippen LogP contribution < -0.4 is 15.4 Å². The van der Waals surface area contributed by atoms with E-state index < -0.39 is 0 Å². The van der Waals surface area contributed by atoms with Crippen molar-refractivity contribution >= 4 is 5.91 Å². The second-order valence-electron chi connectivity index (χ2n) is 6.13. The molecule has 1 heterocycles. The van der Waals surface area contributed by atoms with Crippen LogP contribution in [0, 0.1) is 0 Å². The summed E-state index contributed by atoms with van der Waals surface area (Å²) in [6.07, 6.45) is 3.16. The summed E-state index contributed by atoms with van der Waals surface area (Å²) < 4.78 is 5.25. The number of nitrogens with zero attached hydrogens (tertiary/aromatic N) is 1. The first-order chi connectivity index (χ1) is 11.2. The van der Waals surface area contributed by atoms with Gasteiger partial charge in [-0.15, -0.1) is 0 Å². The van der Waals surface area contributed by atoms with E-state index in [9.17, 15) is 4.79 Å². The molecule has 1 aliphatic rings. The molecule has 0 bridgehead atoms. The molecule has 5 heteroatoms. The van der Waals surface area contributed by atoms with E-state index in [1.807, 2.05) is 12.1 Å². The van der Waals surface area contributed by atoms with Crippen molar-refractivity contribution in [1.82, 2.24) is 15.5 Å². The number of carbonyl (C=O) groups excluding carboxylic acids is 1. The molecule has 1 fully saturated rings. The van der Waals surface area contributed by atoms with Gasteiger partial charge in [0, 0.05) is 32.2 Å². The molecule has 1 aromatic carbocycles. The molecule has 0 unspecified atom stereocenters. The number of hydrogen-bond donors (Lipinski definition) is 2. The van der Waals surface area contributed by atoms with Gasteiger partial charge in [-0.3, -0.25) is 9.69 Å². The minimum Gasteiger partial charge on any atom is -0.497 e. The molecule has 0 aliphatic carbocycles. The highest BCUT2D eigenvalue weighted by Crippen LogP contribution is 2.14. The van der Waals surface area contributed by atoms with Crippen LogP contribution in [0.4, 0.5) is 0 Å². The largest absolute Gasteiger partial charge is 0.497 e. The van der Waals surface area contributed by atoms with Crippen molar-refractivity contribution in [3.05, 3.63) is 29.8 Å². The number of benzene rings is 1. The van der Waals surface area contributed by atoms with Crippen molar-refractivity contribution in [3.8, 4) is 5.75 Å². The van der Waals surface area contributed by atoms with Gasteiger partial charge in [0.25, 0.3) is 0 Å². The van der Waals surface area contributed by atoms with Crippen LogP contribution in [0.3, 0.4) is 0 Å². The molecule has 23 heavy (non-hydrogen) atoms. The lowest BCUT2D eigenvalue weighted by molar-refractivity contribution is -0.122. The van der Waals surface area contributed by atoms with Gasteiger partial charge in [-0.1, -0.05) is 19.1 Å². The summed E-state index contributed by atoms with van der Waals surface area (Å²) >= 11 is 0. The summed E-state index contributed by atoms with van der Waals surface area (Å²) in [5.74, 6) is 1.05. The third-order valence-corrected chi connectivity index (χ3v) is 4.26. The van der Waals surface area contributed by atoms with E-state index in [4.69, 9.17) is 4.74 Å². The molecule has 5 nitrogen and oxygen atoms in total. The fourth-order valence-electron chi connectivity index (χ4n) is 2.86. The summed E-state index contributed by atoms with van der Waals surface area (Å²) in [7, 11) is 1.69. The molecule has 0 saturated carbocycles. The van der Waals surface area contributed by atoms with Crippen molar-refractivity contribution in [2.45, 2.75) is 38.8 Å². The van der Waals surface area contributed by atoms with Crippen molar-refractivity contribution in [3.63, 3.8) is 0 Å². The van der Waals surface area contributed by atoms with Crippen LogP contribution in [0.5, 0.6) is 5.75 Å². The number of methoxy groups -OCH3 is 1. The number of amides is 1. The molecule has 1 aromatic rings. The number of ether oxygens (including phenoxy) is 1. The fourth-order valence-corrected chi connectivity index (χ4v) is 2.86. The fraction of sp³-hybridized carbons (Fsp3) is 0.611. The first-order valence-corrected chi connectivity index (χ1v) is 8.56. The van der Waals surface area contributed by atoms with Crippen LogP contribution in [0.2, 0.25) is 0 Å². The smallest absolute Gasteiger partial charge is 0.234 e. The van der Waals surface area contributed by atoms with Gasteiger partial charge in [-0.2, -0.15) is 0 Å². The van der Waals surface area contributed by atoms with Gasteiger partial charge in [0.05, 0.1) is 13.7 Å². The summed E-state index contributed by atoms with van der Waals surface area (Å²) in [6, 6.07) is 8.69. The number of carbonyl (C=O) groups is 1. The third-order valence-electron chi connectivity index (χ3n) is 4.26. The highest BCUT2D eigenvalue weighted by atomic mass is 16.5. The Bertz CT molecular complexity index is 485. The number of nitrogens with one attached hydrogen (secondary N) is 2. The molecule has 2 N–H and O–H groups in total. The molecule has 0 spiro atoms. The molecule has 1 aliphatic heterocycles. The van der Waals surface area contributed by atoms with E-state index in [-0.39, 0.29) is 5.91 Å². The average Bonchev–Trinajstić information content (AvgIpc) is 2.59. The summed E-state index contributed by atoms with van der Waals surface area (Å²) in [5.41, 5.74) is 1.24. The second-order valence-corrected chi connectivity index (χ2v) is 6.13. The Hall–Kier alpha value is -1.59. The Morgan fingerprint density at radius 1 is 1.35 bits per heavy atom. The SMILES string of the molecule is CCCNC(=O)CN1CCC(NCc2cccc(OC)c2)CC1. The molecule has 2 rings (SSSR count). The maximum Gasteiger partial charge on any atom is 0.234 e. The molecule has 128 valence electrons. The van der Waals surface area contributed by atoms with Gasteiger partial charge in [0.2, 0.25) is 5.91 Å². The van der Waals surface area contributed by atoms with Gasteiger partial charge in [-0.25, -0.2) is 0 Å². The van der Waals surface area contributed by atoms with Crippen molar-refractivity contribution < 1.29 is 9.53 Å². The number of piperidine rings is 1. The predicted molar refractivity (Wildman–Crippen MR) is 92.6 cm³/mol. The van der Waals surface area contributed by atoms with Crippen LogP contribution >= 0.6 is 0 Å². The third kappa shape index (κ3) is 6.20. The van der Waals surface area contributed by atoms with Crippen molar-refractivity contribution in [2.75, 3.05) is 33.3 Å². The maximum absolute atomic E-state index is 11.7. The normalized spacial score (nSPS) is 16.3. The van der Waals surface area contributed by atoms with E-state index in [1.165, 1.54) is 5.56 Å².